The van der Waals surface area contributed by atoms with Gasteiger partial charge in [0.2, 0.25) is 10.0 Å². The van der Waals surface area contributed by atoms with Crippen LogP contribution in [0.5, 0.6) is 0 Å². The number of anilines is 1. The van der Waals surface area contributed by atoms with Gasteiger partial charge >= 0.3 is 0 Å². The average molecular weight is 274 g/mol. The van der Waals surface area contributed by atoms with Gasteiger partial charge in [-0.3, -0.25) is 0 Å². The summed E-state index contributed by atoms with van der Waals surface area (Å²) in [6, 6.07) is 3.23. The van der Waals surface area contributed by atoms with Gasteiger partial charge in [-0.15, -0.1) is 0 Å². The first kappa shape index (κ1) is 13.3. The van der Waals surface area contributed by atoms with Crippen LogP contribution in [0.2, 0.25) is 0 Å². The van der Waals surface area contributed by atoms with E-state index in [1.54, 1.807) is 0 Å². The van der Waals surface area contributed by atoms with Crippen LogP contribution in [-0.2, 0) is 14.8 Å². The van der Waals surface area contributed by atoms with Crippen LogP contribution in [-0.4, -0.2) is 27.7 Å². The van der Waals surface area contributed by atoms with E-state index in [-0.39, 0.29) is 23.2 Å². The molecule has 0 aliphatic carbocycles. The third-order valence-corrected chi connectivity index (χ3v) is 4.13. The van der Waals surface area contributed by atoms with E-state index in [0.29, 0.717) is 6.61 Å². The summed E-state index contributed by atoms with van der Waals surface area (Å²) < 4.78 is 44.6. The van der Waals surface area contributed by atoms with Crippen molar-refractivity contribution in [2.45, 2.75) is 23.8 Å². The van der Waals surface area contributed by atoms with E-state index in [0.717, 1.165) is 25.0 Å². The van der Waals surface area contributed by atoms with E-state index >= 15 is 0 Å². The molecule has 1 aliphatic rings. The number of halogens is 1. The summed E-state index contributed by atoms with van der Waals surface area (Å²) in [5.41, 5.74) is 5.49. The summed E-state index contributed by atoms with van der Waals surface area (Å²) in [7, 11) is -3.74. The molecular formula is C11H15FN2O3S. The lowest BCUT2D eigenvalue weighted by molar-refractivity contribution is 0.114. The molecule has 0 aromatic heterocycles. The maximum absolute atomic E-state index is 13.1. The number of rotatable bonds is 4. The summed E-state index contributed by atoms with van der Waals surface area (Å²) in [6.45, 7) is 0.845. The zero-order valence-electron chi connectivity index (χ0n) is 9.73. The monoisotopic (exact) mass is 274 g/mol. The van der Waals surface area contributed by atoms with Gasteiger partial charge in [-0.2, -0.15) is 0 Å². The molecule has 1 saturated heterocycles. The van der Waals surface area contributed by atoms with E-state index in [4.69, 9.17) is 10.5 Å². The molecule has 1 heterocycles. The van der Waals surface area contributed by atoms with E-state index < -0.39 is 15.8 Å². The van der Waals surface area contributed by atoms with Gasteiger partial charge in [0, 0.05) is 18.8 Å². The number of ether oxygens (including phenoxy) is 1. The Morgan fingerprint density at radius 2 is 2.22 bits per heavy atom. The predicted molar refractivity (Wildman–Crippen MR) is 65.0 cm³/mol. The van der Waals surface area contributed by atoms with Crippen LogP contribution in [0.4, 0.5) is 10.1 Å². The van der Waals surface area contributed by atoms with E-state index in [9.17, 15) is 12.8 Å². The third kappa shape index (κ3) is 3.18. The number of hydrogen-bond acceptors (Lipinski definition) is 4. The van der Waals surface area contributed by atoms with Crippen LogP contribution < -0.4 is 10.5 Å². The molecule has 1 aromatic rings. The van der Waals surface area contributed by atoms with E-state index in [1.165, 1.54) is 6.07 Å². The highest BCUT2D eigenvalue weighted by atomic mass is 32.2. The Morgan fingerprint density at radius 1 is 1.44 bits per heavy atom. The summed E-state index contributed by atoms with van der Waals surface area (Å²) in [5.74, 6) is -0.674. The summed E-state index contributed by atoms with van der Waals surface area (Å²) in [4.78, 5) is -0.169. The molecule has 7 heteroatoms. The summed E-state index contributed by atoms with van der Waals surface area (Å²) in [5, 5.41) is 0. The fraction of sp³-hybridized carbons (Fsp3) is 0.455. The third-order valence-electron chi connectivity index (χ3n) is 2.73. The molecule has 2 rings (SSSR count). The van der Waals surface area contributed by atoms with Crippen molar-refractivity contribution in [3.63, 3.8) is 0 Å². The molecule has 0 radical (unpaired) electrons. The minimum absolute atomic E-state index is 0.0764. The SMILES string of the molecule is Nc1cc(F)cc(S(=O)(=O)NCC2CCCO2)c1. The number of nitrogens with one attached hydrogen (secondary N) is 1. The quantitative estimate of drug-likeness (QED) is 0.798. The highest BCUT2D eigenvalue weighted by Gasteiger charge is 2.20. The van der Waals surface area contributed by atoms with Crippen molar-refractivity contribution in [3.05, 3.63) is 24.0 Å². The molecular weight excluding hydrogens is 259 g/mol. The van der Waals surface area contributed by atoms with E-state index in [1.807, 2.05) is 0 Å². The Hall–Kier alpha value is -1.18. The minimum atomic E-state index is -3.74. The lowest BCUT2D eigenvalue weighted by atomic mass is 10.2. The number of benzene rings is 1. The molecule has 3 N–H and O–H groups in total. The second kappa shape index (κ2) is 5.21. The number of sulfonamides is 1. The molecule has 1 aliphatic heterocycles. The number of nitrogen functional groups attached to an aromatic ring is 1. The Morgan fingerprint density at radius 3 is 2.83 bits per heavy atom. The molecule has 1 unspecified atom stereocenters. The fourth-order valence-electron chi connectivity index (χ4n) is 1.83. The van der Waals surface area contributed by atoms with Crippen LogP contribution >= 0.6 is 0 Å². The van der Waals surface area contributed by atoms with Gasteiger partial charge in [-0.1, -0.05) is 0 Å². The zero-order chi connectivity index (χ0) is 13.2. The molecule has 0 saturated carbocycles. The minimum Gasteiger partial charge on any atom is -0.399 e. The van der Waals surface area contributed by atoms with Crippen LogP contribution in [0, 0.1) is 5.82 Å². The average Bonchev–Trinajstić information content (AvgIpc) is 2.78. The highest BCUT2D eigenvalue weighted by molar-refractivity contribution is 7.89. The normalized spacial score (nSPS) is 20.2. The van der Waals surface area contributed by atoms with Crippen LogP contribution in [0.1, 0.15) is 12.8 Å². The molecule has 0 spiro atoms. The van der Waals surface area contributed by atoms with Crippen molar-refractivity contribution in [1.82, 2.24) is 4.72 Å². The second-order valence-corrected chi connectivity index (χ2v) is 5.97. The Labute approximate surface area is 105 Å². The zero-order valence-corrected chi connectivity index (χ0v) is 10.5. The molecule has 0 amide bonds. The topological polar surface area (TPSA) is 81.4 Å². The first-order chi connectivity index (χ1) is 8.47. The second-order valence-electron chi connectivity index (χ2n) is 4.21. The molecule has 1 aromatic carbocycles. The van der Waals surface area contributed by atoms with Crippen molar-refractivity contribution in [3.8, 4) is 0 Å². The Bertz CT molecular complexity index is 507. The van der Waals surface area contributed by atoms with Crippen molar-refractivity contribution in [2.24, 2.45) is 0 Å². The highest BCUT2D eigenvalue weighted by Crippen LogP contribution is 2.17. The largest absolute Gasteiger partial charge is 0.399 e. The van der Waals surface area contributed by atoms with Gasteiger partial charge in [-0.25, -0.2) is 17.5 Å². The molecule has 18 heavy (non-hydrogen) atoms. The first-order valence-corrected chi connectivity index (χ1v) is 7.13. The molecule has 5 nitrogen and oxygen atoms in total. The van der Waals surface area contributed by atoms with Gasteiger partial charge < -0.3 is 10.5 Å². The van der Waals surface area contributed by atoms with Gasteiger partial charge in [0.05, 0.1) is 11.0 Å². The van der Waals surface area contributed by atoms with E-state index in [2.05, 4.69) is 4.72 Å². The predicted octanol–water partition coefficient (Wildman–Crippen LogP) is 0.865. The van der Waals surface area contributed by atoms with Crippen molar-refractivity contribution in [1.29, 1.82) is 0 Å². The number of nitrogens with two attached hydrogens (primary N) is 1. The van der Waals surface area contributed by atoms with Crippen molar-refractivity contribution < 1.29 is 17.5 Å². The fourth-order valence-corrected chi connectivity index (χ4v) is 2.96. The molecule has 0 bridgehead atoms. The maximum Gasteiger partial charge on any atom is 0.240 e. The lowest BCUT2D eigenvalue weighted by Crippen LogP contribution is -2.31. The van der Waals surface area contributed by atoms with Gasteiger partial charge in [0.1, 0.15) is 5.82 Å². The summed E-state index contributed by atoms with van der Waals surface area (Å²) in [6.07, 6.45) is 1.65. The van der Waals surface area contributed by atoms with Crippen LogP contribution in [0.25, 0.3) is 0 Å². The van der Waals surface area contributed by atoms with Crippen molar-refractivity contribution in [2.75, 3.05) is 18.9 Å². The van der Waals surface area contributed by atoms with Gasteiger partial charge in [0.15, 0.2) is 0 Å². The first-order valence-electron chi connectivity index (χ1n) is 5.65. The molecule has 1 fully saturated rings. The van der Waals surface area contributed by atoms with Crippen molar-refractivity contribution >= 4 is 15.7 Å². The summed E-state index contributed by atoms with van der Waals surface area (Å²) >= 11 is 0. The van der Waals surface area contributed by atoms with Crippen LogP contribution in [0.3, 0.4) is 0 Å². The Kier molecular flexibility index (Phi) is 3.84. The molecule has 1 atom stereocenters. The van der Waals surface area contributed by atoms with Gasteiger partial charge in [0.25, 0.3) is 0 Å². The Balaban J connectivity index is 2.09. The maximum atomic E-state index is 13.1. The smallest absolute Gasteiger partial charge is 0.240 e. The van der Waals surface area contributed by atoms with Gasteiger partial charge in [-0.05, 0) is 31.0 Å². The van der Waals surface area contributed by atoms with Crippen LogP contribution in [0.15, 0.2) is 23.1 Å². The number of hydrogen-bond donors (Lipinski definition) is 2. The standard InChI is InChI=1S/C11H15FN2O3S/c12-8-4-9(13)6-11(5-8)18(15,16)14-7-10-2-1-3-17-10/h4-6,10,14H,1-3,7,13H2. The molecule has 100 valence electrons. The lowest BCUT2D eigenvalue weighted by Gasteiger charge is -2.11.